The number of hydrogen-bond donors (Lipinski definition) is 1. The third-order valence-electron chi connectivity index (χ3n) is 4.71. The first-order valence-corrected chi connectivity index (χ1v) is 10.3. The SMILES string of the molecule is COc1ccc(OC)c(Nc2nc(SC)nc3c2ncn3C2CCCCO2)c1. The summed E-state index contributed by atoms with van der Waals surface area (Å²) < 4.78 is 18.7. The van der Waals surface area contributed by atoms with Crippen LogP contribution in [0.15, 0.2) is 29.7 Å². The van der Waals surface area contributed by atoms with Crippen LogP contribution in [0.25, 0.3) is 11.2 Å². The number of anilines is 2. The average Bonchev–Trinajstić information content (AvgIpc) is 3.18. The average molecular weight is 401 g/mol. The van der Waals surface area contributed by atoms with Crippen LogP contribution in [0.3, 0.4) is 0 Å². The van der Waals surface area contributed by atoms with Gasteiger partial charge in [0.25, 0.3) is 0 Å². The smallest absolute Gasteiger partial charge is 0.191 e. The molecule has 0 radical (unpaired) electrons. The van der Waals surface area contributed by atoms with Gasteiger partial charge in [0.2, 0.25) is 0 Å². The first kappa shape index (κ1) is 18.8. The number of imidazole rings is 1. The zero-order valence-electron chi connectivity index (χ0n) is 16.1. The summed E-state index contributed by atoms with van der Waals surface area (Å²) in [6.07, 6.45) is 6.88. The predicted molar refractivity (Wildman–Crippen MR) is 109 cm³/mol. The fourth-order valence-corrected chi connectivity index (χ4v) is 3.63. The number of rotatable bonds is 6. The van der Waals surface area contributed by atoms with Gasteiger partial charge < -0.3 is 19.5 Å². The van der Waals surface area contributed by atoms with Crippen LogP contribution in [-0.2, 0) is 4.74 Å². The summed E-state index contributed by atoms with van der Waals surface area (Å²) in [6, 6.07) is 5.57. The third kappa shape index (κ3) is 3.59. The molecule has 28 heavy (non-hydrogen) atoms. The predicted octanol–water partition coefficient (Wildman–Crippen LogP) is 4.01. The molecule has 0 spiro atoms. The first-order chi connectivity index (χ1) is 13.7. The van der Waals surface area contributed by atoms with Crippen molar-refractivity contribution in [2.75, 3.05) is 32.4 Å². The Kier molecular flexibility index (Phi) is 5.54. The summed E-state index contributed by atoms with van der Waals surface area (Å²) in [7, 11) is 3.26. The minimum atomic E-state index is -0.0393. The topological polar surface area (TPSA) is 83.3 Å². The van der Waals surface area contributed by atoms with Crippen molar-refractivity contribution in [2.24, 2.45) is 0 Å². The molecule has 1 atom stereocenters. The van der Waals surface area contributed by atoms with Gasteiger partial charge in [-0.2, -0.15) is 0 Å². The lowest BCUT2D eigenvalue weighted by Gasteiger charge is -2.23. The Labute approximate surface area is 167 Å². The molecule has 1 aliphatic heterocycles. The number of aromatic nitrogens is 4. The summed E-state index contributed by atoms with van der Waals surface area (Å²) in [4.78, 5) is 13.9. The highest BCUT2D eigenvalue weighted by molar-refractivity contribution is 7.98. The van der Waals surface area contributed by atoms with Gasteiger partial charge in [-0.05, 0) is 37.7 Å². The second-order valence-corrected chi connectivity index (χ2v) is 7.17. The molecule has 0 amide bonds. The number of thioether (sulfide) groups is 1. The van der Waals surface area contributed by atoms with E-state index in [4.69, 9.17) is 14.2 Å². The van der Waals surface area contributed by atoms with Gasteiger partial charge >= 0.3 is 0 Å². The second kappa shape index (κ2) is 8.24. The van der Waals surface area contributed by atoms with Crippen LogP contribution in [0, 0.1) is 0 Å². The molecule has 1 saturated heterocycles. The number of fused-ring (bicyclic) bond motifs is 1. The standard InChI is InChI=1S/C19H23N5O3S/c1-25-12-7-8-14(26-2)13(10-12)21-17-16-18(23-19(22-17)28-3)24(11-20-16)15-6-4-5-9-27-15/h7-8,10-11,15H,4-6,9H2,1-3H3,(H,21,22,23). The number of methoxy groups -OCH3 is 2. The molecule has 1 aliphatic rings. The largest absolute Gasteiger partial charge is 0.497 e. The molecule has 8 nitrogen and oxygen atoms in total. The minimum absolute atomic E-state index is 0.0393. The number of hydrogen-bond acceptors (Lipinski definition) is 8. The molecule has 9 heteroatoms. The van der Waals surface area contributed by atoms with Gasteiger partial charge in [-0.3, -0.25) is 4.57 Å². The van der Waals surface area contributed by atoms with Crippen molar-refractivity contribution in [1.29, 1.82) is 0 Å². The lowest BCUT2D eigenvalue weighted by molar-refractivity contribution is -0.0298. The summed E-state index contributed by atoms with van der Waals surface area (Å²) in [6.45, 7) is 0.761. The fraction of sp³-hybridized carbons (Fsp3) is 0.421. The van der Waals surface area contributed by atoms with Crippen molar-refractivity contribution in [3.63, 3.8) is 0 Å². The highest BCUT2D eigenvalue weighted by Crippen LogP contribution is 2.34. The normalized spacial score (nSPS) is 16.9. The van der Waals surface area contributed by atoms with E-state index in [1.165, 1.54) is 11.8 Å². The third-order valence-corrected chi connectivity index (χ3v) is 5.26. The van der Waals surface area contributed by atoms with Crippen LogP contribution in [0.5, 0.6) is 11.5 Å². The maximum absolute atomic E-state index is 5.93. The summed E-state index contributed by atoms with van der Waals surface area (Å²) in [5, 5.41) is 4.01. The summed E-state index contributed by atoms with van der Waals surface area (Å²) in [5.74, 6) is 2.03. The van der Waals surface area contributed by atoms with Crippen molar-refractivity contribution < 1.29 is 14.2 Å². The Hall–Kier alpha value is -2.52. The Balaban J connectivity index is 1.78. The number of benzene rings is 1. The highest BCUT2D eigenvalue weighted by Gasteiger charge is 2.21. The zero-order chi connectivity index (χ0) is 19.5. The molecule has 3 heterocycles. The molecular weight excluding hydrogens is 378 g/mol. The van der Waals surface area contributed by atoms with Gasteiger partial charge in [-0.15, -0.1) is 0 Å². The molecule has 1 N–H and O–H groups in total. The molecule has 2 aromatic heterocycles. The molecule has 4 rings (SSSR count). The molecule has 1 fully saturated rings. The van der Waals surface area contributed by atoms with Gasteiger partial charge in [0, 0.05) is 12.7 Å². The van der Waals surface area contributed by atoms with Crippen LogP contribution in [0.4, 0.5) is 11.5 Å². The van der Waals surface area contributed by atoms with E-state index in [1.807, 2.05) is 29.0 Å². The zero-order valence-corrected chi connectivity index (χ0v) is 17.0. The molecular formula is C19H23N5O3S. The Morgan fingerprint density at radius 3 is 2.82 bits per heavy atom. The van der Waals surface area contributed by atoms with Crippen LogP contribution in [0.1, 0.15) is 25.5 Å². The molecule has 0 aliphatic carbocycles. The number of nitrogens with one attached hydrogen (secondary N) is 1. The minimum Gasteiger partial charge on any atom is -0.497 e. The van der Waals surface area contributed by atoms with E-state index in [1.54, 1.807) is 20.5 Å². The van der Waals surface area contributed by atoms with Crippen molar-refractivity contribution in [3.8, 4) is 11.5 Å². The second-order valence-electron chi connectivity index (χ2n) is 6.40. The van der Waals surface area contributed by atoms with E-state index in [0.29, 0.717) is 22.2 Å². The fourth-order valence-electron chi connectivity index (χ4n) is 3.27. The van der Waals surface area contributed by atoms with Gasteiger partial charge in [-0.25, -0.2) is 15.0 Å². The quantitative estimate of drug-likeness (QED) is 0.490. The van der Waals surface area contributed by atoms with E-state index in [-0.39, 0.29) is 6.23 Å². The molecule has 1 aromatic carbocycles. The van der Waals surface area contributed by atoms with E-state index in [2.05, 4.69) is 20.3 Å². The maximum atomic E-state index is 5.93. The molecule has 1 unspecified atom stereocenters. The lowest BCUT2D eigenvalue weighted by atomic mass is 10.2. The molecule has 0 saturated carbocycles. The van der Waals surface area contributed by atoms with Crippen molar-refractivity contribution in [2.45, 2.75) is 30.6 Å². The van der Waals surface area contributed by atoms with E-state index in [9.17, 15) is 0 Å². The number of nitrogens with zero attached hydrogens (tertiary/aromatic N) is 4. The molecule has 0 bridgehead atoms. The number of ether oxygens (including phenoxy) is 3. The van der Waals surface area contributed by atoms with Crippen molar-refractivity contribution in [1.82, 2.24) is 19.5 Å². The van der Waals surface area contributed by atoms with Crippen LogP contribution in [-0.4, -0.2) is 46.6 Å². The highest BCUT2D eigenvalue weighted by atomic mass is 32.2. The van der Waals surface area contributed by atoms with Gasteiger partial charge in [0.1, 0.15) is 17.7 Å². The summed E-state index contributed by atoms with van der Waals surface area (Å²) in [5.41, 5.74) is 2.20. The summed E-state index contributed by atoms with van der Waals surface area (Å²) >= 11 is 1.48. The van der Waals surface area contributed by atoms with Gasteiger partial charge in [0.05, 0.1) is 26.2 Å². The van der Waals surface area contributed by atoms with Crippen LogP contribution < -0.4 is 14.8 Å². The van der Waals surface area contributed by atoms with E-state index in [0.717, 1.165) is 43.0 Å². The Morgan fingerprint density at radius 1 is 1.21 bits per heavy atom. The van der Waals surface area contributed by atoms with Gasteiger partial charge in [0.15, 0.2) is 22.1 Å². The lowest BCUT2D eigenvalue weighted by Crippen LogP contribution is -2.17. The molecule has 148 valence electrons. The van der Waals surface area contributed by atoms with E-state index < -0.39 is 0 Å². The maximum Gasteiger partial charge on any atom is 0.191 e. The molecule has 3 aromatic rings. The van der Waals surface area contributed by atoms with Crippen molar-refractivity contribution >= 4 is 34.4 Å². The van der Waals surface area contributed by atoms with Gasteiger partial charge in [-0.1, -0.05) is 11.8 Å². The Morgan fingerprint density at radius 2 is 2.11 bits per heavy atom. The Bertz CT molecular complexity index is 972. The van der Waals surface area contributed by atoms with Crippen LogP contribution >= 0.6 is 11.8 Å². The monoisotopic (exact) mass is 401 g/mol. The van der Waals surface area contributed by atoms with Crippen LogP contribution in [0.2, 0.25) is 0 Å². The van der Waals surface area contributed by atoms with E-state index >= 15 is 0 Å². The van der Waals surface area contributed by atoms with Crippen molar-refractivity contribution in [3.05, 3.63) is 24.5 Å². The first-order valence-electron chi connectivity index (χ1n) is 9.12.